The summed E-state index contributed by atoms with van der Waals surface area (Å²) in [5.41, 5.74) is 6.08. The van der Waals surface area contributed by atoms with Gasteiger partial charge in [-0.1, -0.05) is 32.6 Å². The van der Waals surface area contributed by atoms with Gasteiger partial charge in [0.15, 0.2) is 0 Å². The lowest BCUT2D eigenvalue weighted by Gasteiger charge is -2.34. The third-order valence-corrected chi connectivity index (χ3v) is 4.69. The number of carbonyl (C=O) groups is 1. The van der Waals surface area contributed by atoms with Crippen LogP contribution in [0.2, 0.25) is 0 Å². The maximum absolute atomic E-state index is 12.1. The van der Waals surface area contributed by atoms with E-state index in [1.807, 2.05) is 0 Å². The number of amides is 1. The molecule has 0 aromatic rings. The largest absolute Gasteiger partial charge is 0.352 e. The Morgan fingerprint density at radius 1 is 1.21 bits per heavy atom. The molecule has 2 rings (SSSR count). The second kappa shape index (κ2) is 7.25. The Labute approximate surface area is 117 Å². The molecule has 3 N–H and O–H groups in total. The fourth-order valence-corrected chi connectivity index (χ4v) is 3.21. The van der Waals surface area contributed by atoms with Crippen LogP contribution in [0.4, 0.5) is 0 Å². The zero-order valence-corrected chi connectivity index (χ0v) is 12.2. The monoisotopic (exact) mass is 267 g/mol. The first kappa shape index (κ1) is 14.8. The van der Waals surface area contributed by atoms with Crippen molar-refractivity contribution in [2.45, 2.75) is 64.0 Å². The van der Waals surface area contributed by atoms with Crippen molar-refractivity contribution in [2.24, 2.45) is 11.7 Å². The predicted molar refractivity (Wildman–Crippen MR) is 77.8 cm³/mol. The van der Waals surface area contributed by atoms with E-state index in [0.717, 1.165) is 32.4 Å². The summed E-state index contributed by atoms with van der Waals surface area (Å²) in [5, 5.41) is 3.21. The molecule has 2 atom stereocenters. The highest BCUT2D eigenvalue weighted by molar-refractivity contribution is 5.78. The first-order valence-electron chi connectivity index (χ1n) is 7.92. The number of hydrogen-bond acceptors (Lipinski definition) is 3. The molecule has 2 aliphatic rings. The molecule has 1 aliphatic carbocycles. The van der Waals surface area contributed by atoms with Gasteiger partial charge in [-0.3, -0.25) is 9.69 Å². The number of carbonyl (C=O) groups excluding carboxylic acids is 1. The Morgan fingerprint density at radius 2 is 1.89 bits per heavy atom. The van der Waals surface area contributed by atoms with Crippen LogP contribution in [0, 0.1) is 5.92 Å². The molecule has 110 valence electrons. The number of likely N-dealkylation sites (tertiary alicyclic amines) is 1. The molecule has 0 bridgehead atoms. The Kier molecular flexibility index (Phi) is 5.64. The molecule has 1 saturated heterocycles. The van der Waals surface area contributed by atoms with Gasteiger partial charge in [0.25, 0.3) is 0 Å². The topological polar surface area (TPSA) is 58.4 Å². The van der Waals surface area contributed by atoms with E-state index in [1.54, 1.807) is 0 Å². The van der Waals surface area contributed by atoms with Crippen molar-refractivity contribution >= 4 is 5.91 Å². The zero-order chi connectivity index (χ0) is 13.7. The van der Waals surface area contributed by atoms with Gasteiger partial charge < -0.3 is 11.1 Å². The standard InChI is InChI=1S/C15H29N3O/c1-12-8-9-18(10-14(12)16)11-15(19)17-13-6-4-2-3-5-7-13/h12-14H,2-11,16H2,1H3,(H,17,19). The average Bonchev–Trinajstić information content (AvgIpc) is 2.62. The maximum Gasteiger partial charge on any atom is 0.234 e. The second-order valence-corrected chi connectivity index (χ2v) is 6.42. The summed E-state index contributed by atoms with van der Waals surface area (Å²) in [7, 11) is 0. The van der Waals surface area contributed by atoms with Crippen molar-refractivity contribution in [3.05, 3.63) is 0 Å². The lowest BCUT2D eigenvalue weighted by molar-refractivity contribution is -0.123. The van der Waals surface area contributed by atoms with Crippen LogP contribution >= 0.6 is 0 Å². The number of rotatable bonds is 3. The minimum Gasteiger partial charge on any atom is -0.352 e. The first-order chi connectivity index (χ1) is 9.15. The normalized spacial score (nSPS) is 30.8. The Bertz CT molecular complexity index is 287. The maximum atomic E-state index is 12.1. The zero-order valence-electron chi connectivity index (χ0n) is 12.2. The number of piperidine rings is 1. The molecular formula is C15H29N3O. The summed E-state index contributed by atoms with van der Waals surface area (Å²) in [6, 6.07) is 0.631. The molecule has 2 unspecified atom stereocenters. The van der Waals surface area contributed by atoms with Crippen molar-refractivity contribution in [3.8, 4) is 0 Å². The minimum absolute atomic E-state index is 0.189. The number of nitrogens with two attached hydrogens (primary N) is 1. The van der Waals surface area contributed by atoms with Crippen LogP contribution in [-0.2, 0) is 4.79 Å². The van der Waals surface area contributed by atoms with Crippen LogP contribution in [0.25, 0.3) is 0 Å². The van der Waals surface area contributed by atoms with Crippen molar-refractivity contribution in [3.63, 3.8) is 0 Å². The van der Waals surface area contributed by atoms with E-state index in [9.17, 15) is 4.79 Å². The van der Waals surface area contributed by atoms with E-state index in [0.29, 0.717) is 18.5 Å². The van der Waals surface area contributed by atoms with E-state index in [1.165, 1.54) is 25.7 Å². The highest BCUT2D eigenvalue weighted by atomic mass is 16.2. The summed E-state index contributed by atoms with van der Waals surface area (Å²) in [5.74, 6) is 0.773. The molecule has 4 nitrogen and oxygen atoms in total. The molecule has 19 heavy (non-hydrogen) atoms. The van der Waals surface area contributed by atoms with Gasteiger partial charge in [0, 0.05) is 18.6 Å². The van der Waals surface area contributed by atoms with E-state index >= 15 is 0 Å². The van der Waals surface area contributed by atoms with Gasteiger partial charge in [-0.2, -0.15) is 0 Å². The fourth-order valence-electron chi connectivity index (χ4n) is 3.21. The van der Waals surface area contributed by atoms with Gasteiger partial charge in [0.1, 0.15) is 0 Å². The molecule has 1 heterocycles. The van der Waals surface area contributed by atoms with Gasteiger partial charge >= 0.3 is 0 Å². The van der Waals surface area contributed by atoms with E-state index < -0.39 is 0 Å². The van der Waals surface area contributed by atoms with Crippen LogP contribution in [0.15, 0.2) is 0 Å². The third kappa shape index (κ3) is 4.77. The summed E-state index contributed by atoms with van der Waals surface area (Å²) < 4.78 is 0. The predicted octanol–water partition coefficient (Wildman–Crippen LogP) is 1.49. The second-order valence-electron chi connectivity index (χ2n) is 6.42. The lowest BCUT2D eigenvalue weighted by Crippen LogP contribution is -2.51. The smallest absolute Gasteiger partial charge is 0.234 e. The van der Waals surface area contributed by atoms with Crippen LogP contribution in [0.3, 0.4) is 0 Å². The summed E-state index contributed by atoms with van der Waals surface area (Å²) in [6.07, 6.45) is 8.59. The molecule has 2 fully saturated rings. The molecular weight excluding hydrogens is 238 g/mol. The lowest BCUT2D eigenvalue weighted by atomic mass is 9.94. The van der Waals surface area contributed by atoms with Crippen molar-refractivity contribution in [2.75, 3.05) is 19.6 Å². The fraction of sp³-hybridized carbons (Fsp3) is 0.933. The van der Waals surface area contributed by atoms with E-state index in [2.05, 4.69) is 17.1 Å². The van der Waals surface area contributed by atoms with Crippen LogP contribution in [0.1, 0.15) is 51.9 Å². The molecule has 4 heteroatoms. The van der Waals surface area contributed by atoms with Crippen molar-refractivity contribution < 1.29 is 4.79 Å². The molecule has 0 radical (unpaired) electrons. The molecule has 1 aliphatic heterocycles. The van der Waals surface area contributed by atoms with Gasteiger partial charge in [-0.05, 0) is 31.7 Å². The van der Waals surface area contributed by atoms with E-state index in [-0.39, 0.29) is 11.9 Å². The highest BCUT2D eigenvalue weighted by Gasteiger charge is 2.25. The molecule has 1 amide bonds. The van der Waals surface area contributed by atoms with Gasteiger partial charge in [-0.15, -0.1) is 0 Å². The van der Waals surface area contributed by atoms with Crippen LogP contribution < -0.4 is 11.1 Å². The number of hydrogen-bond donors (Lipinski definition) is 2. The quantitative estimate of drug-likeness (QED) is 0.762. The SMILES string of the molecule is CC1CCN(CC(=O)NC2CCCCCC2)CC1N. The first-order valence-corrected chi connectivity index (χ1v) is 7.92. The molecule has 0 aromatic carbocycles. The van der Waals surface area contributed by atoms with Crippen LogP contribution in [-0.4, -0.2) is 42.5 Å². The summed E-state index contributed by atoms with van der Waals surface area (Å²) in [6.45, 7) is 4.59. The average molecular weight is 267 g/mol. The van der Waals surface area contributed by atoms with Gasteiger partial charge in [0.05, 0.1) is 6.54 Å². The minimum atomic E-state index is 0.189. The Balaban J connectivity index is 1.71. The van der Waals surface area contributed by atoms with Crippen LogP contribution in [0.5, 0.6) is 0 Å². The third-order valence-electron chi connectivity index (χ3n) is 4.69. The summed E-state index contributed by atoms with van der Waals surface area (Å²) in [4.78, 5) is 14.3. The van der Waals surface area contributed by atoms with Gasteiger partial charge in [-0.25, -0.2) is 0 Å². The van der Waals surface area contributed by atoms with Gasteiger partial charge in [0.2, 0.25) is 5.91 Å². The number of nitrogens with zero attached hydrogens (tertiary/aromatic N) is 1. The Morgan fingerprint density at radius 3 is 2.53 bits per heavy atom. The summed E-state index contributed by atoms with van der Waals surface area (Å²) >= 11 is 0. The number of nitrogens with one attached hydrogen (secondary N) is 1. The van der Waals surface area contributed by atoms with Crippen molar-refractivity contribution in [1.29, 1.82) is 0 Å². The molecule has 0 aromatic heterocycles. The van der Waals surface area contributed by atoms with Crippen molar-refractivity contribution in [1.82, 2.24) is 10.2 Å². The molecule has 0 spiro atoms. The highest BCUT2D eigenvalue weighted by Crippen LogP contribution is 2.18. The van der Waals surface area contributed by atoms with E-state index in [4.69, 9.17) is 5.73 Å². The molecule has 1 saturated carbocycles. The Hall–Kier alpha value is -0.610.